The summed E-state index contributed by atoms with van der Waals surface area (Å²) in [5.74, 6) is -0.506. The van der Waals surface area contributed by atoms with Gasteiger partial charge in [-0.2, -0.15) is 5.10 Å². The molecule has 2 heterocycles. The molecule has 1 amide bonds. The molecule has 8 nitrogen and oxygen atoms in total. The minimum Gasteiger partial charge on any atom is -0.462 e. The van der Waals surface area contributed by atoms with E-state index in [-0.39, 0.29) is 12.5 Å². The Morgan fingerprint density at radius 2 is 2.03 bits per heavy atom. The number of nitrogens with zero attached hydrogens (tertiary/aromatic N) is 2. The first-order chi connectivity index (χ1) is 15.1. The first-order valence-corrected chi connectivity index (χ1v) is 10.8. The van der Waals surface area contributed by atoms with Crippen LogP contribution in [0, 0.1) is 0 Å². The standard InChI is InChI=1S/C23H29N3O5/c1-2-19-21-20(6-3-13-30-14-4-11-24-22(21)28)26(25-19)12-5-15-31-23(29)18-9-7-17(16-27)8-10-18/h7-10,16H,2-6,11-15H2,1H3,(H,24,28). The first kappa shape index (κ1) is 22.7. The second-order valence-corrected chi connectivity index (χ2v) is 7.40. The van der Waals surface area contributed by atoms with E-state index in [9.17, 15) is 14.4 Å². The number of ether oxygens (including phenoxy) is 2. The number of rotatable bonds is 7. The number of carbonyl (C=O) groups is 3. The van der Waals surface area contributed by atoms with Crippen LogP contribution in [-0.4, -0.2) is 54.3 Å². The molecule has 0 saturated carbocycles. The van der Waals surface area contributed by atoms with Crippen LogP contribution in [0.25, 0.3) is 0 Å². The van der Waals surface area contributed by atoms with E-state index in [4.69, 9.17) is 9.47 Å². The first-order valence-electron chi connectivity index (χ1n) is 10.8. The van der Waals surface area contributed by atoms with Crippen LogP contribution in [0.4, 0.5) is 0 Å². The third-order valence-electron chi connectivity index (χ3n) is 5.18. The molecule has 8 heteroatoms. The summed E-state index contributed by atoms with van der Waals surface area (Å²) in [5, 5.41) is 7.63. The Hall–Kier alpha value is -3.00. The van der Waals surface area contributed by atoms with Crippen molar-refractivity contribution in [2.45, 2.75) is 45.6 Å². The van der Waals surface area contributed by atoms with E-state index in [0.29, 0.717) is 62.3 Å². The van der Waals surface area contributed by atoms with Crippen molar-refractivity contribution in [2.75, 3.05) is 26.4 Å². The van der Waals surface area contributed by atoms with Crippen LogP contribution in [0.5, 0.6) is 0 Å². The number of benzene rings is 1. The topological polar surface area (TPSA) is 99.5 Å². The summed E-state index contributed by atoms with van der Waals surface area (Å²) in [5.41, 5.74) is 3.30. The van der Waals surface area contributed by atoms with Gasteiger partial charge >= 0.3 is 5.97 Å². The predicted octanol–water partition coefficient (Wildman–Crippen LogP) is 2.59. The van der Waals surface area contributed by atoms with E-state index in [2.05, 4.69) is 10.4 Å². The smallest absolute Gasteiger partial charge is 0.338 e. The van der Waals surface area contributed by atoms with Gasteiger partial charge in [-0.15, -0.1) is 0 Å². The number of hydrogen-bond donors (Lipinski definition) is 1. The molecule has 0 saturated heterocycles. The maximum atomic E-state index is 12.8. The highest BCUT2D eigenvalue weighted by Gasteiger charge is 2.22. The number of esters is 1. The van der Waals surface area contributed by atoms with Gasteiger partial charge in [0.2, 0.25) is 0 Å². The lowest BCUT2D eigenvalue weighted by Gasteiger charge is -2.10. The van der Waals surface area contributed by atoms with Gasteiger partial charge in [0.25, 0.3) is 5.91 Å². The van der Waals surface area contributed by atoms with Crippen LogP contribution in [0.1, 0.15) is 68.6 Å². The largest absolute Gasteiger partial charge is 0.462 e. The maximum Gasteiger partial charge on any atom is 0.338 e. The summed E-state index contributed by atoms with van der Waals surface area (Å²) in [4.78, 5) is 35.6. The molecule has 0 unspecified atom stereocenters. The summed E-state index contributed by atoms with van der Waals surface area (Å²) in [6.45, 7) is 4.66. The number of nitrogens with one attached hydrogen (secondary N) is 1. The number of amides is 1. The lowest BCUT2D eigenvalue weighted by molar-refractivity contribution is 0.0494. The summed E-state index contributed by atoms with van der Waals surface area (Å²) >= 11 is 0. The van der Waals surface area contributed by atoms with Crippen LogP contribution < -0.4 is 5.32 Å². The van der Waals surface area contributed by atoms with Crippen LogP contribution in [-0.2, 0) is 28.9 Å². The van der Waals surface area contributed by atoms with Crippen molar-refractivity contribution < 1.29 is 23.9 Å². The Bertz CT molecular complexity index is 905. The molecule has 0 radical (unpaired) electrons. The van der Waals surface area contributed by atoms with E-state index in [1.165, 1.54) is 0 Å². The zero-order valence-electron chi connectivity index (χ0n) is 17.9. The third-order valence-corrected chi connectivity index (χ3v) is 5.18. The van der Waals surface area contributed by atoms with E-state index < -0.39 is 5.97 Å². The molecule has 1 aromatic carbocycles. The Balaban J connectivity index is 1.63. The van der Waals surface area contributed by atoms with Gasteiger partial charge in [-0.3, -0.25) is 14.3 Å². The quantitative estimate of drug-likeness (QED) is 0.414. The number of carbonyl (C=O) groups excluding carboxylic acids is 3. The van der Waals surface area contributed by atoms with Gasteiger partial charge in [0, 0.05) is 38.3 Å². The lowest BCUT2D eigenvalue weighted by Crippen LogP contribution is -2.26. The molecular formula is C23H29N3O5. The number of aryl methyl sites for hydroxylation is 2. The van der Waals surface area contributed by atoms with Crippen LogP contribution >= 0.6 is 0 Å². The molecule has 0 spiro atoms. The van der Waals surface area contributed by atoms with Gasteiger partial charge < -0.3 is 14.8 Å². The highest BCUT2D eigenvalue weighted by atomic mass is 16.5. The molecule has 1 aliphatic rings. The van der Waals surface area contributed by atoms with Crippen LogP contribution in [0.15, 0.2) is 24.3 Å². The molecule has 0 atom stereocenters. The van der Waals surface area contributed by atoms with Crippen LogP contribution in [0.3, 0.4) is 0 Å². The van der Waals surface area contributed by atoms with E-state index >= 15 is 0 Å². The van der Waals surface area contributed by atoms with E-state index in [0.717, 1.165) is 30.5 Å². The Labute approximate surface area is 181 Å². The Morgan fingerprint density at radius 1 is 1.26 bits per heavy atom. The number of hydrogen-bond acceptors (Lipinski definition) is 6. The van der Waals surface area contributed by atoms with Crippen molar-refractivity contribution in [2.24, 2.45) is 0 Å². The van der Waals surface area contributed by atoms with Crippen molar-refractivity contribution in [3.8, 4) is 0 Å². The molecule has 0 aliphatic carbocycles. The molecule has 3 rings (SSSR count). The van der Waals surface area contributed by atoms with Crippen molar-refractivity contribution in [1.29, 1.82) is 0 Å². The van der Waals surface area contributed by atoms with Gasteiger partial charge in [0.05, 0.1) is 29.1 Å². The summed E-state index contributed by atoms with van der Waals surface area (Å²) in [6, 6.07) is 6.31. The predicted molar refractivity (Wildman–Crippen MR) is 114 cm³/mol. The zero-order chi connectivity index (χ0) is 22.1. The zero-order valence-corrected chi connectivity index (χ0v) is 17.9. The summed E-state index contributed by atoms with van der Waals surface area (Å²) < 4.78 is 12.8. The normalized spacial score (nSPS) is 14.8. The molecule has 1 aliphatic heterocycles. The fourth-order valence-electron chi connectivity index (χ4n) is 3.57. The average Bonchev–Trinajstić information content (AvgIpc) is 3.13. The average molecular weight is 428 g/mol. The summed E-state index contributed by atoms with van der Waals surface area (Å²) in [6.07, 6.45) is 4.30. The van der Waals surface area contributed by atoms with Gasteiger partial charge in [-0.05, 0) is 37.8 Å². The van der Waals surface area contributed by atoms with Crippen LogP contribution in [0.2, 0.25) is 0 Å². The lowest BCUT2D eigenvalue weighted by atomic mass is 10.1. The second-order valence-electron chi connectivity index (χ2n) is 7.40. The SMILES string of the molecule is CCc1nn(CCCOC(=O)c2ccc(C=O)cc2)c2c1C(=O)NCCCOCCC2. The Morgan fingerprint density at radius 3 is 2.77 bits per heavy atom. The minimum atomic E-state index is -0.428. The molecule has 1 aromatic heterocycles. The van der Waals surface area contributed by atoms with Crippen molar-refractivity contribution in [1.82, 2.24) is 15.1 Å². The van der Waals surface area contributed by atoms with Gasteiger partial charge in [0.15, 0.2) is 0 Å². The molecule has 31 heavy (non-hydrogen) atoms. The van der Waals surface area contributed by atoms with Gasteiger partial charge in [0.1, 0.15) is 6.29 Å². The van der Waals surface area contributed by atoms with E-state index in [1.807, 2.05) is 11.6 Å². The molecule has 1 N–H and O–H groups in total. The molecule has 0 bridgehead atoms. The minimum absolute atomic E-state index is 0.0785. The fourth-order valence-corrected chi connectivity index (χ4v) is 3.57. The maximum absolute atomic E-state index is 12.8. The highest BCUT2D eigenvalue weighted by Crippen LogP contribution is 2.19. The molecule has 166 valence electrons. The third kappa shape index (κ3) is 6.01. The summed E-state index contributed by atoms with van der Waals surface area (Å²) in [7, 11) is 0. The fraction of sp³-hybridized carbons (Fsp3) is 0.478. The van der Waals surface area contributed by atoms with Gasteiger partial charge in [-0.1, -0.05) is 19.1 Å². The number of fused-ring (bicyclic) bond motifs is 1. The molecular weight excluding hydrogens is 398 g/mol. The highest BCUT2D eigenvalue weighted by molar-refractivity contribution is 5.96. The van der Waals surface area contributed by atoms with E-state index in [1.54, 1.807) is 24.3 Å². The second kappa shape index (κ2) is 11.4. The molecule has 2 aromatic rings. The van der Waals surface area contributed by atoms with Crippen molar-refractivity contribution in [3.05, 3.63) is 52.3 Å². The van der Waals surface area contributed by atoms with Crippen molar-refractivity contribution in [3.63, 3.8) is 0 Å². The Kier molecular flexibility index (Phi) is 8.35. The molecule has 0 fully saturated rings. The number of aldehydes is 1. The van der Waals surface area contributed by atoms with Gasteiger partial charge in [-0.25, -0.2) is 4.79 Å². The monoisotopic (exact) mass is 427 g/mol. The number of aromatic nitrogens is 2. The van der Waals surface area contributed by atoms with Crippen molar-refractivity contribution >= 4 is 18.2 Å².